The summed E-state index contributed by atoms with van der Waals surface area (Å²) in [5.41, 5.74) is 9.36. The largest absolute Gasteiger partial charge is 0.455 e. The minimum Gasteiger partial charge on any atom is -0.455 e. The highest BCUT2D eigenvalue weighted by molar-refractivity contribution is 7.25. The van der Waals surface area contributed by atoms with Crippen molar-refractivity contribution in [3.8, 4) is 33.4 Å². The van der Waals surface area contributed by atoms with Crippen LogP contribution >= 0.6 is 11.3 Å². The molecule has 0 amide bonds. The Labute approximate surface area is 314 Å². The van der Waals surface area contributed by atoms with Gasteiger partial charge in [0.2, 0.25) is 0 Å². The molecule has 0 bridgehead atoms. The van der Waals surface area contributed by atoms with Crippen molar-refractivity contribution in [3.05, 3.63) is 182 Å². The second kappa shape index (κ2) is 11.4. The molecule has 10 aromatic carbocycles. The van der Waals surface area contributed by atoms with Crippen LogP contribution in [0.1, 0.15) is 0 Å². The van der Waals surface area contributed by atoms with E-state index in [1.807, 2.05) is 11.3 Å². The summed E-state index contributed by atoms with van der Waals surface area (Å²) in [6.45, 7) is 0. The van der Waals surface area contributed by atoms with Gasteiger partial charge in [-0.15, -0.1) is 11.3 Å². The summed E-state index contributed by atoms with van der Waals surface area (Å²) in [6, 6.07) is 66.7. The van der Waals surface area contributed by atoms with Gasteiger partial charge in [0.15, 0.2) is 0 Å². The first-order valence-corrected chi connectivity index (χ1v) is 19.3. The quantitative estimate of drug-likeness (QED) is 0.167. The molecule has 0 unspecified atom stereocenters. The van der Waals surface area contributed by atoms with E-state index < -0.39 is 0 Å². The molecule has 0 atom stereocenters. The lowest BCUT2D eigenvalue weighted by Crippen LogP contribution is -1.92. The number of rotatable bonds is 3. The van der Waals surface area contributed by atoms with Crippen molar-refractivity contribution in [3.63, 3.8) is 0 Å². The molecule has 0 N–H and O–H groups in total. The van der Waals surface area contributed by atoms with Gasteiger partial charge in [0, 0.05) is 36.3 Å². The molecule has 0 aliphatic rings. The molecule has 0 radical (unpaired) electrons. The van der Waals surface area contributed by atoms with E-state index in [2.05, 4.69) is 182 Å². The van der Waals surface area contributed by atoms with E-state index in [0.717, 1.165) is 27.3 Å². The third-order valence-corrected chi connectivity index (χ3v) is 12.6. The molecule has 2 aromatic heterocycles. The molecule has 0 aliphatic heterocycles. The van der Waals surface area contributed by atoms with E-state index in [0.29, 0.717) is 0 Å². The van der Waals surface area contributed by atoms with Crippen LogP contribution in [0.5, 0.6) is 0 Å². The Hall–Kier alpha value is -6.74. The van der Waals surface area contributed by atoms with E-state index in [1.165, 1.54) is 91.3 Å². The van der Waals surface area contributed by atoms with Crippen molar-refractivity contribution < 1.29 is 4.42 Å². The zero-order chi connectivity index (χ0) is 35.3. The van der Waals surface area contributed by atoms with Crippen LogP contribution in [0.25, 0.3) is 119 Å². The van der Waals surface area contributed by atoms with Gasteiger partial charge >= 0.3 is 0 Å². The standard InChI is InChI=1S/C52H30OS/c1-2-14-31(15-3-1)50-37-20-7-9-22-39(37)51(40-23-10-8-21-38(40)50)41-27-26-35(32-16-4-5-17-33(32)41)43-28-46-44-30-49-45(36-19-12-13-25-48(36)54-49)29-47(44)53-52(46)42-24-11-6-18-34(42)43/h1-30H. The average Bonchev–Trinajstić information content (AvgIpc) is 3.79. The second-order valence-corrected chi connectivity index (χ2v) is 15.4. The van der Waals surface area contributed by atoms with Crippen LogP contribution in [0, 0.1) is 0 Å². The first kappa shape index (κ1) is 29.8. The second-order valence-electron chi connectivity index (χ2n) is 14.3. The van der Waals surface area contributed by atoms with Crippen LogP contribution in [0.15, 0.2) is 186 Å². The Morgan fingerprint density at radius 1 is 0.296 bits per heavy atom. The van der Waals surface area contributed by atoms with Crippen LogP contribution in [-0.2, 0) is 0 Å². The average molecular weight is 703 g/mol. The van der Waals surface area contributed by atoms with Gasteiger partial charge < -0.3 is 4.42 Å². The van der Waals surface area contributed by atoms with Gasteiger partial charge in [0.25, 0.3) is 0 Å². The van der Waals surface area contributed by atoms with Crippen LogP contribution < -0.4 is 0 Å². The molecule has 0 saturated carbocycles. The molecule has 2 heteroatoms. The minimum atomic E-state index is 0.932. The predicted molar refractivity (Wildman–Crippen MR) is 233 cm³/mol. The molecule has 0 spiro atoms. The van der Waals surface area contributed by atoms with E-state index in [4.69, 9.17) is 4.42 Å². The maximum atomic E-state index is 6.78. The molecular formula is C52H30OS. The lowest BCUT2D eigenvalue weighted by atomic mass is 9.83. The summed E-state index contributed by atoms with van der Waals surface area (Å²) in [6.07, 6.45) is 0. The van der Waals surface area contributed by atoms with E-state index >= 15 is 0 Å². The molecule has 0 fully saturated rings. The first-order chi connectivity index (χ1) is 26.8. The van der Waals surface area contributed by atoms with Gasteiger partial charge in [0.1, 0.15) is 11.2 Å². The maximum absolute atomic E-state index is 6.78. The van der Waals surface area contributed by atoms with Crippen LogP contribution in [0.2, 0.25) is 0 Å². The monoisotopic (exact) mass is 702 g/mol. The van der Waals surface area contributed by atoms with Crippen LogP contribution in [-0.4, -0.2) is 0 Å². The van der Waals surface area contributed by atoms with Gasteiger partial charge in [-0.25, -0.2) is 0 Å². The molecule has 0 aliphatic carbocycles. The molecule has 54 heavy (non-hydrogen) atoms. The fourth-order valence-corrected chi connectivity index (χ4v) is 10.3. The molecule has 12 aromatic rings. The van der Waals surface area contributed by atoms with E-state index in [9.17, 15) is 0 Å². The number of furan rings is 1. The fraction of sp³-hybridized carbons (Fsp3) is 0. The highest BCUT2D eigenvalue weighted by atomic mass is 32.1. The molecule has 1 nitrogen and oxygen atoms in total. The van der Waals surface area contributed by atoms with E-state index in [-0.39, 0.29) is 0 Å². The number of hydrogen-bond donors (Lipinski definition) is 0. The Morgan fingerprint density at radius 3 is 1.50 bits per heavy atom. The summed E-state index contributed by atoms with van der Waals surface area (Å²) in [5, 5.41) is 14.7. The summed E-state index contributed by atoms with van der Waals surface area (Å²) < 4.78 is 9.36. The molecule has 250 valence electrons. The highest BCUT2D eigenvalue weighted by Gasteiger charge is 2.21. The normalized spacial score (nSPS) is 12.1. The van der Waals surface area contributed by atoms with Crippen molar-refractivity contribution in [2.24, 2.45) is 0 Å². The third kappa shape index (κ3) is 4.20. The zero-order valence-corrected chi connectivity index (χ0v) is 30.0. The number of thiophene rings is 1. The highest BCUT2D eigenvalue weighted by Crippen LogP contribution is 2.48. The molecule has 0 saturated heterocycles. The van der Waals surface area contributed by atoms with Gasteiger partial charge in [-0.05, 0) is 95.3 Å². The Bertz CT molecular complexity index is 3440. The van der Waals surface area contributed by atoms with Crippen molar-refractivity contribution >= 4 is 96.5 Å². The lowest BCUT2D eigenvalue weighted by molar-refractivity contribution is 0.673. The van der Waals surface area contributed by atoms with E-state index in [1.54, 1.807) is 0 Å². The Morgan fingerprint density at radius 2 is 0.815 bits per heavy atom. The fourth-order valence-electron chi connectivity index (χ4n) is 9.12. The van der Waals surface area contributed by atoms with Gasteiger partial charge in [-0.3, -0.25) is 0 Å². The van der Waals surface area contributed by atoms with Crippen molar-refractivity contribution in [1.82, 2.24) is 0 Å². The predicted octanol–water partition coefficient (Wildman–Crippen LogP) is 15.6. The van der Waals surface area contributed by atoms with Gasteiger partial charge in [0.05, 0.1) is 0 Å². The summed E-state index contributed by atoms with van der Waals surface area (Å²) in [4.78, 5) is 0. The van der Waals surface area contributed by atoms with Crippen molar-refractivity contribution in [1.29, 1.82) is 0 Å². The van der Waals surface area contributed by atoms with Gasteiger partial charge in [-0.2, -0.15) is 0 Å². The molecule has 2 heterocycles. The summed E-state index contributed by atoms with van der Waals surface area (Å²) >= 11 is 1.85. The van der Waals surface area contributed by atoms with Gasteiger partial charge in [-0.1, -0.05) is 158 Å². The Balaban J connectivity index is 1.15. The van der Waals surface area contributed by atoms with Crippen LogP contribution in [0.4, 0.5) is 0 Å². The number of hydrogen-bond acceptors (Lipinski definition) is 2. The van der Waals surface area contributed by atoms with Crippen molar-refractivity contribution in [2.45, 2.75) is 0 Å². The molecular weight excluding hydrogens is 673 g/mol. The smallest absolute Gasteiger partial charge is 0.143 e. The zero-order valence-electron chi connectivity index (χ0n) is 29.1. The van der Waals surface area contributed by atoms with Crippen molar-refractivity contribution in [2.75, 3.05) is 0 Å². The maximum Gasteiger partial charge on any atom is 0.143 e. The SMILES string of the molecule is c1ccc(-c2c3ccccc3c(-c3ccc(-c4cc5c6cc7sc8ccccc8c7cc6oc5c5ccccc45)c4ccccc34)c3ccccc23)cc1. The topological polar surface area (TPSA) is 13.1 Å². The molecule has 12 rings (SSSR count). The first-order valence-electron chi connectivity index (χ1n) is 18.5. The lowest BCUT2D eigenvalue weighted by Gasteiger charge is -2.20. The Kier molecular flexibility index (Phi) is 6.28. The summed E-state index contributed by atoms with van der Waals surface area (Å²) in [7, 11) is 0. The third-order valence-electron chi connectivity index (χ3n) is 11.5. The number of fused-ring (bicyclic) bond motifs is 11. The minimum absolute atomic E-state index is 0.932. The van der Waals surface area contributed by atoms with Crippen LogP contribution in [0.3, 0.4) is 0 Å². The number of benzene rings is 10. The summed E-state index contributed by atoms with van der Waals surface area (Å²) in [5.74, 6) is 0.